The molecule has 0 aliphatic heterocycles. The van der Waals surface area contributed by atoms with E-state index >= 15 is 0 Å². The summed E-state index contributed by atoms with van der Waals surface area (Å²) in [5, 5.41) is 35.9. The van der Waals surface area contributed by atoms with E-state index in [9.17, 15) is 34.5 Å². The first-order valence-corrected chi connectivity index (χ1v) is 12.3. The Balaban J connectivity index is 2.21. The molecule has 0 unspecified atom stereocenters. The lowest BCUT2D eigenvalue weighted by molar-refractivity contribution is -0.123. The molecule has 0 aromatic heterocycles. The van der Waals surface area contributed by atoms with Crippen LogP contribution in [0.2, 0.25) is 0 Å². The molecular formula is C28H36N2O7. The van der Waals surface area contributed by atoms with Crippen molar-refractivity contribution in [3.63, 3.8) is 0 Å². The summed E-state index contributed by atoms with van der Waals surface area (Å²) >= 11 is 0. The Hall–Kier alpha value is -3.30. The SMILES string of the molecule is CC(=O)C1=C(O)[C@@H](N(C)C)[C@H]([C@@H](O)C2=C(C(=O)NCC(C)(C)C)C(=O)c3c(O)cccc3[C@@H]2C)CC1=O. The summed E-state index contributed by atoms with van der Waals surface area (Å²) in [6.45, 7) is 8.91. The minimum absolute atomic E-state index is 0.00246. The summed E-state index contributed by atoms with van der Waals surface area (Å²) in [5.41, 5.74) is -0.329. The molecule has 0 heterocycles. The zero-order chi connectivity index (χ0) is 28.0. The summed E-state index contributed by atoms with van der Waals surface area (Å²) in [7, 11) is 3.28. The molecule has 0 spiro atoms. The number of aliphatic hydroxyl groups excluding tert-OH is 2. The van der Waals surface area contributed by atoms with Gasteiger partial charge in [0.2, 0.25) is 5.78 Å². The molecule has 0 saturated carbocycles. The molecule has 4 N–H and O–H groups in total. The first-order chi connectivity index (χ1) is 17.1. The third kappa shape index (κ3) is 5.24. The van der Waals surface area contributed by atoms with Gasteiger partial charge in [0.25, 0.3) is 5.91 Å². The number of nitrogens with one attached hydrogen (secondary N) is 1. The van der Waals surface area contributed by atoms with Crippen molar-refractivity contribution in [2.75, 3.05) is 20.6 Å². The van der Waals surface area contributed by atoms with E-state index < -0.39 is 53.0 Å². The Morgan fingerprint density at radius 2 is 1.76 bits per heavy atom. The molecule has 1 aromatic carbocycles. The van der Waals surface area contributed by atoms with Crippen molar-refractivity contribution in [2.45, 2.75) is 59.1 Å². The lowest BCUT2D eigenvalue weighted by Crippen LogP contribution is -2.50. The molecule has 3 rings (SSSR count). The summed E-state index contributed by atoms with van der Waals surface area (Å²) in [4.78, 5) is 53.6. The maximum Gasteiger partial charge on any atom is 0.255 e. The molecular weight excluding hydrogens is 476 g/mol. The standard InChI is InChI=1S/C28H36N2O7/c1-13-15-9-8-10-17(32)21(15)25(35)22(27(37)29-12-28(3,4)5)19(13)24(34)16-11-18(33)20(14(2)31)26(36)23(16)30(6)7/h8-10,13,16,23-24,32,34,36H,11-12H2,1-7H3,(H,29,37)/t13-,16+,23-,24+/m0/s1. The molecule has 1 amide bonds. The largest absolute Gasteiger partial charge is 0.510 e. The zero-order valence-electron chi connectivity index (χ0n) is 22.4. The number of ketones is 3. The van der Waals surface area contributed by atoms with Crippen LogP contribution in [-0.4, -0.2) is 76.3 Å². The van der Waals surface area contributed by atoms with E-state index in [1.807, 2.05) is 20.8 Å². The van der Waals surface area contributed by atoms with Gasteiger partial charge in [-0.15, -0.1) is 0 Å². The molecule has 37 heavy (non-hydrogen) atoms. The number of allylic oxidation sites excluding steroid dienone is 1. The van der Waals surface area contributed by atoms with Gasteiger partial charge in [-0.25, -0.2) is 0 Å². The number of carbonyl (C=O) groups excluding carboxylic acids is 4. The summed E-state index contributed by atoms with van der Waals surface area (Å²) in [6, 6.07) is 3.68. The van der Waals surface area contributed by atoms with Crippen LogP contribution in [0.5, 0.6) is 5.75 Å². The van der Waals surface area contributed by atoms with Crippen molar-refractivity contribution in [3.8, 4) is 5.75 Å². The van der Waals surface area contributed by atoms with Crippen molar-refractivity contribution < 1.29 is 34.5 Å². The van der Waals surface area contributed by atoms with Gasteiger partial charge >= 0.3 is 0 Å². The van der Waals surface area contributed by atoms with Crippen LogP contribution in [0.4, 0.5) is 0 Å². The number of amides is 1. The molecule has 0 fully saturated rings. The normalized spacial score (nSPS) is 23.3. The number of hydrogen-bond donors (Lipinski definition) is 4. The number of fused-ring (bicyclic) bond motifs is 1. The second kappa shape index (κ2) is 10.2. The average molecular weight is 513 g/mol. The van der Waals surface area contributed by atoms with Gasteiger partial charge in [0.05, 0.1) is 28.9 Å². The molecule has 2 aliphatic carbocycles. The van der Waals surface area contributed by atoms with Gasteiger partial charge in [-0.1, -0.05) is 39.8 Å². The molecule has 9 nitrogen and oxygen atoms in total. The minimum Gasteiger partial charge on any atom is -0.510 e. The molecule has 200 valence electrons. The predicted octanol–water partition coefficient (Wildman–Crippen LogP) is 2.43. The maximum atomic E-state index is 13.7. The number of Topliss-reactive ketones (excluding diaryl/α,β-unsaturated/α-hetero) is 3. The second-order valence-corrected chi connectivity index (χ2v) is 11.3. The molecule has 0 radical (unpaired) electrons. The molecule has 1 aromatic rings. The van der Waals surface area contributed by atoms with E-state index in [-0.39, 0.29) is 46.4 Å². The van der Waals surface area contributed by atoms with Crippen LogP contribution in [0.3, 0.4) is 0 Å². The Bertz CT molecular complexity index is 1220. The third-order valence-electron chi connectivity index (χ3n) is 7.03. The van der Waals surface area contributed by atoms with Gasteiger partial charge < -0.3 is 20.6 Å². The van der Waals surface area contributed by atoms with Crippen molar-refractivity contribution in [1.82, 2.24) is 10.2 Å². The highest BCUT2D eigenvalue weighted by Gasteiger charge is 2.47. The smallest absolute Gasteiger partial charge is 0.255 e. The van der Waals surface area contributed by atoms with Gasteiger partial charge in [0.1, 0.15) is 11.5 Å². The van der Waals surface area contributed by atoms with Crippen molar-refractivity contribution in [2.24, 2.45) is 11.3 Å². The van der Waals surface area contributed by atoms with Crippen LogP contribution in [0.15, 0.2) is 40.7 Å². The van der Waals surface area contributed by atoms with Gasteiger partial charge in [-0.2, -0.15) is 0 Å². The summed E-state index contributed by atoms with van der Waals surface area (Å²) in [5.74, 6) is -4.92. The van der Waals surface area contributed by atoms with Crippen LogP contribution in [-0.2, 0) is 14.4 Å². The number of aromatic hydroxyl groups is 1. The summed E-state index contributed by atoms with van der Waals surface area (Å²) in [6.07, 6.45) is -1.76. The Morgan fingerprint density at radius 1 is 1.14 bits per heavy atom. The lowest BCUT2D eigenvalue weighted by atomic mass is 9.69. The van der Waals surface area contributed by atoms with Crippen LogP contribution < -0.4 is 5.32 Å². The van der Waals surface area contributed by atoms with E-state index in [1.54, 1.807) is 38.1 Å². The van der Waals surface area contributed by atoms with Gasteiger partial charge in [0, 0.05) is 24.8 Å². The monoisotopic (exact) mass is 512 g/mol. The van der Waals surface area contributed by atoms with Crippen molar-refractivity contribution >= 4 is 23.3 Å². The number of carbonyl (C=O) groups is 4. The number of hydrogen-bond acceptors (Lipinski definition) is 8. The number of aliphatic hydroxyl groups is 2. The maximum absolute atomic E-state index is 13.7. The van der Waals surface area contributed by atoms with Crippen molar-refractivity contribution in [1.29, 1.82) is 0 Å². The molecule has 2 aliphatic rings. The predicted molar refractivity (Wildman–Crippen MR) is 137 cm³/mol. The number of rotatable bonds is 6. The van der Waals surface area contributed by atoms with E-state index in [0.717, 1.165) is 0 Å². The highest BCUT2D eigenvalue weighted by molar-refractivity contribution is 6.28. The van der Waals surface area contributed by atoms with E-state index in [4.69, 9.17) is 0 Å². The van der Waals surface area contributed by atoms with Crippen LogP contribution in [0, 0.1) is 11.3 Å². The number of phenols is 1. The Morgan fingerprint density at radius 3 is 2.30 bits per heavy atom. The molecule has 4 atom stereocenters. The van der Waals surface area contributed by atoms with Crippen LogP contribution >= 0.6 is 0 Å². The topological polar surface area (TPSA) is 144 Å². The number of phenolic OH excluding ortho intramolecular Hbond substituents is 1. The molecule has 0 bridgehead atoms. The fraction of sp³-hybridized carbons (Fsp3) is 0.500. The first-order valence-electron chi connectivity index (χ1n) is 12.3. The molecule has 0 saturated heterocycles. The number of likely N-dealkylation sites (N-methyl/N-ethyl adjacent to an activating group) is 1. The highest BCUT2D eigenvalue weighted by Crippen LogP contribution is 2.44. The first kappa shape index (κ1) is 28.3. The van der Waals surface area contributed by atoms with Gasteiger partial charge in [-0.05, 0) is 43.6 Å². The van der Waals surface area contributed by atoms with E-state index in [0.29, 0.717) is 5.56 Å². The van der Waals surface area contributed by atoms with Crippen LogP contribution in [0.1, 0.15) is 62.9 Å². The minimum atomic E-state index is -1.49. The Labute approximate surface area is 216 Å². The van der Waals surface area contributed by atoms with Crippen molar-refractivity contribution in [3.05, 3.63) is 51.8 Å². The number of benzene rings is 1. The fourth-order valence-electron chi connectivity index (χ4n) is 5.32. The second-order valence-electron chi connectivity index (χ2n) is 11.3. The quantitative estimate of drug-likeness (QED) is 0.426. The fourth-order valence-corrected chi connectivity index (χ4v) is 5.32. The third-order valence-corrected chi connectivity index (χ3v) is 7.03. The Kier molecular flexibility index (Phi) is 7.81. The van der Waals surface area contributed by atoms with Gasteiger partial charge in [-0.3, -0.25) is 24.1 Å². The van der Waals surface area contributed by atoms with Crippen LogP contribution in [0.25, 0.3) is 0 Å². The van der Waals surface area contributed by atoms with E-state index in [2.05, 4.69) is 5.32 Å². The van der Waals surface area contributed by atoms with Gasteiger partial charge in [0.15, 0.2) is 11.6 Å². The average Bonchev–Trinajstić information content (AvgIpc) is 2.77. The summed E-state index contributed by atoms with van der Waals surface area (Å²) < 4.78 is 0. The number of nitrogens with zero attached hydrogens (tertiary/aromatic N) is 1. The lowest BCUT2D eigenvalue weighted by Gasteiger charge is -2.41. The molecule has 9 heteroatoms. The zero-order valence-corrected chi connectivity index (χ0v) is 22.4. The highest BCUT2D eigenvalue weighted by atomic mass is 16.3. The van der Waals surface area contributed by atoms with E-state index in [1.165, 1.54) is 13.0 Å².